The first-order valence-electron chi connectivity index (χ1n) is 2.61. The molecule has 1 unspecified atom stereocenters. The van der Waals surface area contributed by atoms with Crippen LogP contribution in [0.1, 0.15) is 5.56 Å². The molecule has 0 saturated carbocycles. The fourth-order valence-corrected chi connectivity index (χ4v) is 1.01. The Hall–Kier alpha value is -0.810. The van der Waals surface area contributed by atoms with Gasteiger partial charge in [0.2, 0.25) is 11.1 Å². The highest BCUT2D eigenvalue weighted by Gasteiger charge is 2.03. The minimum Gasteiger partial charge on any atom is -0.301 e. The molecule has 0 spiro atoms. The topological polar surface area (TPSA) is 63.1 Å². The van der Waals surface area contributed by atoms with E-state index >= 15 is 0 Å². The summed E-state index contributed by atoms with van der Waals surface area (Å²) < 4.78 is 19.0. The third kappa shape index (κ3) is 1.37. The summed E-state index contributed by atoms with van der Waals surface area (Å²) in [7, 11) is 0. The van der Waals surface area contributed by atoms with Gasteiger partial charge in [-0.25, -0.2) is 4.21 Å². The van der Waals surface area contributed by atoms with Crippen molar-refractivity contribution in [1.82, 2.24) is 10.2 Å². The predicted octanol–water partition coefficient (Wildman–Crippen LogP) is 0.366. The summed E-state index contributed by atoms with van der Waals surface area (Å²) in [6, 6.07) is 1.64. The molecule has 5 heteroatoms. The first-order chi connectivity index (χ1) is 4.72. The highest BCUT2D eigenvalue weighted by atomic mass is 32.2. The van der Waals surface area contributed by atoms with Crippen molar-refractivity contribution in [3.63, 3.8) is 0 Å². The zero-order valence-electron chi connectivity index (χ0n) is 5.31. The Morgan fingerprint density at radius 3 is 2.80 bits per heavy atom. The average Bonchev–Trinajstić information content (AvgIpc) is 1.88. The van der Waals surface area contributed by atoms with Gasteiger partial charge in [-0.1, -0.05) is 0 Å². The Balaban J connectivity index is 3.15. The number of hydrogen-bond donors (Lipinski definition) is 1. The van der Waals surface area contributed by atoms with Crippen LogP contribution in [0.3, 0.4) is 0 Å². The van der Waals surface area contributed by atoms with Crippen molar-refractivity contribution in [2.75, 3.05) is 0 Å². The average molecular weight is 158 g/mol. The van der Waals surface area contributed by atoms with Crippen LogP contribution >= 0.6 is 0 Å². The quantitative estimate of drug-likeness (QED) is 0.599. The lowest BCUT2D eigenvalue weighted by atomic mass is 10.4. The molecule has 1 aromatic heterocycles. The van der Waals surface area contributed by atoms with E-state index in [0.717, 1.165) is 0 Å². The molecule has 0 aromatic carbocycles. The molecule has 0 aliphatic rings. The van der Waals surface area contributed by atoms with Gasteiger partial charge in [-0.05, 0) is 18.6 Å². The maximum Gasteiger partial charge on any atom is 0.207 e. The van der Waals surface area contributed by atoms with Gasteiger partial charge in [-0.15, -0.1) is 5.10 Å². The van der Waals surface area contributed by atoms with E-state index in [1.54, 1.807) is 13.0 Å². The normalized spacial score (nSPS) is 13.0. The third-order valence-corrected chi connectivity index (χ3v) is 1.78. The molecule has 0 amide bonds. The summed E-state index contributed by atoms with van der Waals surface area (Å²) in [6.07, 6.45) is 1.48. The van der Waals surface area contributed by atoms with Crippen molar-refractivity contribution < 1.29 is 8.76 Å². The molecule has 0 fully saturated rings. The van der Waals surface area contributed by atoms with Gasteiger partial charge < -0.3 is 4.55 Å². The molecule has 1 heterocycles. The fraction of sp³-hybridized carbons (Fsp3) is 0.200. The van der Waals surface area contributed by atoms with Crippen LogP contribution < -0.4 is 0 Å². The monoisotopic (exact) mass is 158 g/mol. The summed E-state index contributed by atoms with van der Waals surface area (Å²) in [4.78, 5) is 0. The van der Waals surface area contributed by atoms with Crippen LogP contribution in [-0.4, -0.2) is 19.0 Å². The Morgan fingerprint density at radius 1 is 1.70 bits per heavy atom. The van der Waals surface area contributed by atoms with Gasteiger partial charge in [-0.2, -0.15) is 5.10 Å². The van der Waals surface area contributed by atoms with E-state index in [0.29, 0.717) is 5.56 Å². The van der Waals surface area contributed by atoms with Crippen LogP contribution in [0, 0.1) is 6.92 Å². The Bertz CT molecular complexity index is 264. The molecular weight excluding hydrogens is 152 g/mol. The first-order valence-corrected chi connectivity index (χ1v) is 3.71. The second kappa shape index (κ2) is 2.85. The highest BCUT2D eigenvalue weighted by Crippen LogP contribution is 2.03. The van der Waals surface area contributed by atoms with Crippen LogP contribution in [0.15, 0.2) is 17.3 Å². The molecule has 0 aliphatic carbocycles. The van der Waals surface area contributed by atoms with Crippen molar-refractivity contribution in [3.05, 3.63) is 17.8 Å². The summed E-state index contributed by atoms with van der Waals surface area (Å²) >= 11 is -2.01. The minimum absolute atomic E-state index is 0.127. The number of nitrogens with zero attached hydrogens (tertiary/aromatic N) is 2. The van der Waals surface area contributed by atoms with E-state index in [2.05, 4.69) is 10.2 Å². The molecule has 0 saturated heterocycles. The van der Waals surface area contributed by atoms with Gasteiger partial charge in [0.1, 0.15) is 0 Å². The summed E-state index contributed by atoms with van der Waals surface area (Å²) in [6.45, 7) is 1.71. The third-order valence-electron chi connectivity index (χ3n) is 1.04. The molecule has 1 atom stereocenters. The zero-order chi connectivity index (χ0) is 7.56. The molecule has 1 rings (SSSR count). The molecule has 0 bridgehead atoms. The standard InChI is InChI=1S/C5H6N2O2S/c1-4-2-3-6-7-5(4)10(8)9/h2-3H,1H3,(H,8,9). The van der Waals surface area contributed by atoms with Crippen LogP contribution in [0.25, 0.3) is 0 Å². The summed E-state index contributed by atoms with van der Waals surface area (Å²) in [5, 5.41) is 7.07. The highest BCUT2D eigenvalue weighted by molar-refractivity contribution is 7.79. The minimum atomic E-state index is -2.01. The van der Waals surface area contributed by atoms with Gasteiger partial charge >= 0.3 is 0 Å². The van der Waals surface area contributed by atoms with Crippen LogP contribution in [-0.2, 0) is 11.1 Å². The number of aryl methyl sites for hydroxylation is 1. The van der Waals surface area contributed by atoms with Gasteiger partial charge in [0.25, 0.3) is 0 Å². The van der Waals surface area contributed by atoms with Crippen molar-refractivity contribution in [3.8, 4) is 0 Å². The van der Waals surface area contributed by atoms with E-state index in [-0.39, 0.29) is 5.03 Å². The van der Waals surface area contributed by atoms with Crippen LogP contribution in [0.5, 0.6) is 0 Å². The van der Waals surface area contributed by atoms with Crippen molar-refractivity contribution in [2.45, 2.75) is 11.9 Å². The molecule has 1 aromatic rings. The van der Waals surface area contributed by atoms with Gasteiger partial charge in [0.05, 0.1) is 0 Å². The fourth-order valence-electron chi connectivity index (χ4n) is 0.554. The number of hydrogen-bond acceptors (Lipinski definition) is 3. The molecule has 1 N–H and O–H groups in total. The molecule has 4 nitrogen and oxygen atoms in total. The molecule has 54 valence electrons. The lowest BCUT2D eigenvalue weighted by Gasteiger charge is -1.94. The smallest absolute Gasteiger partial charge is 0.207 e. The Labute approximate surface area is 60.6 Å². The van der Waals surface area contributed by atoms with E-state index in [4.69, 9.17) is 4.55 Å². The predicted molar refractivity (Wildman–Crippen MR) is 35.8 cm³/mol. The molecular formula is C5H6N2O2S. The van der Waals surface area contributed by atoms with Crippen LogP contribution in [0.2, 0.25) is 0 Å². The SMILES string of the molecule is Cc1ccnnc1S(=O)O. The second-order valence-corrected chi connectivity index (χ2v) is 2.65. The number of aromatic nitrogens is 2. The lowest BCUT2D eigenvalue weighted by Crippen LogP contribution is -1.97. The molecule has 10 heavy (non-hydrogen) atoms. The van der Waals surface area contributed by atoms with Gasteiger partial charge in [0, 0.05) is 6.20 Å². The molecule has 0 aliphatic heterocycles. The Morgan fingerprint density at radius 2 is 2.40 bits per heavy atom. The largest absolute Gasteiger partial charge is 0.301 e. The van der Waals surface area contributed by atoms with Crippen molar-refractivity contribution in [2.24, 2.45) is 0 Å². The Kier molecular flexibility index (Phi) is 2.08. The van der Waals surface area contributed by atoms with Crippen molar-refractivity contribution in [1.29, 1.82) is 0 Å². The number of rotatable bonds is 1. The van der Waals surface area contributed by atoms with Crippen molar-refractivity contribution >= 4 is 11.1 Å². The van der Waals surface area contributed by atoms with E-state index < -0.39 is 11.1 Å². The summed E-state index contributed by atoms with van der Waals surface area (Å²) in [5.74, 6) is 0. The lowest BCUT2D eigenvalue weighted by molar-refractivity contribution is 0.557. The first kappa shape index (κ1) is 7.30. The van der Waals surface area contributed by atoms with Gasteiger partial charge in [-0.3, -0.25) is 0 Å². The zero-order valence-corrected chi connectivity index (χ0v) is 6.13. The van der Waals surface area contributed by atoms with E-state index in [9.17, 15) is 4.21 Å². The van der Waals surface area contributed by atoms with E-state index in [1.165, 1.54) is 6.20 Å². The summed E-state index contributed by atoms with van der Waals surface area (Å²) in [5.41, 5.74) is 0.677. The maximum absolute atomic E-state index is 10.4. The van der Waals surface area contributed by atoms with Crippen LogP contribution in [0.4, 0.5) is 0 Å². The molecule has 0 radical (unpaired) electrons. The van der Waals surface area contributed by atoms with E-state index in [1.807, 2.05) is 0 Å². The van der Waals surface area contributed by atoms with Gasteiger partial charge in [0.15, 0.2) is 5.03 Å². The maximum atomic E-state index is 10.4. The second-order valence-electron chi connectivity index (χ2n) is 1.77.